The van der Waals surface area contributed by atoms with Crippen molar-refractivity contribution in [1.82, 2.24) is 15.0 Å². The molecule has 0 bridgehead atoms. The molecule has 4 nitrogen and oxygen atoms in total. The highest BCUT2D eigenvalue weighted by Crippen LogP contribution is 2.08. The zero-order valence-corrected chi connectivity index (χ0v) is 8.01. The molecule has 0 amide bonds. The summed E-state index contributed by atoms with van der Waals surface area (Å²) in [5.41, 5.74) is 8.47. The molecule has 1 aromatic heterocycles. The average Bonchev–Trinajstić information content (AvgIpc) is 2.66. The third kappa shape index (κ3) is 1.65. The highest BCUT2D eigenvalue weighted by Gasteiger charge is 2.00. The zero-order valence-electron chi connectivity index (χ0n) is 8.01. The fourth-order valence-electron chi connectivity index (χ4n) is 1.29. The van der Waals surface area contributed by atoms with Crippen LogP contribution in [0.5, 0.6) is 0 Å². The summed E-state index contributed by atoms with van der Waals surface area (Å²) >= 11 is 0. The first-order valence-electron chi connectivity index (χ1n) is 4.48. The van der Waals surface area contributed by atoms with E-state index in [1.165, 1.54) is 5.56 Å². The topological polar surface area (TPSA) is 56.7 Å². The first-order valence-corrected chi connectivity index (χ1v) is 4.48. The van der Waals surface area contributed by atoms with E-state index in [0.29, 0.717) is 6.54 Å². The van der Waals surface area contributed by atoms with Gasteiger partial charge in [-0.15, -0.1) is 5.10 Å². The van der Waals surface area contributed by atoms with Gasteiger partial charge < -0.3 is 5.73 Å². The molecule has 0 aliphatic carbocycles. The Hall–Kier alpha value is -1.68. The molecule has 0 radical (unpaired) electrons. The van der Waals surface area contributed by atoms with Crippen LogP contribution in [0.15, 0.2) is 30.5 Å². The van der Waals surface area contributed by atoms with Crippen molar-refractivity contribution in [2.24, 2.45) is 5.73 Å². The van der Waals surface area contributed by atoms with Crippen molar-refractivity contribution in [2.75, 3.05) is 0 Å². The first-order chi connectivity index (χ1) is 6.79. The molecule has 0 unspecified atom stereocenters. The van der Waals surface area contributed by atoms with Gasteiger partial charge in [0.2, 0.25) is 0 Å². The number of hydrogen-bond acceptors (Lipinski definition) is 3. The molecule has 0 saturated heterocycles. The highest BCUT2D eigenvalue weighted by molar-refractivity contribution is 5.34. The van der Waals surface area contributed by atoms with Crippen LogP contribution in [0.1, 0.15) is 11.3 Å². The minimum atomic E-state index is 0.422. The van der Waals surface area contributed by atoms with Gasteiger partial charge in [-0.3, -0.25) is 0 Å². The standard InChI is InChI=1S/C10H12N4/c1-8-3-2-4-10(5-8)14-7-9(6-11)12-13-14/h2-5,7H,6,11H2,1H3. The molecule has 0 atom stereocenters. The molecule has 0 spiro atoms. The van der Waals surface area contributed by atoms with Gasteiger partial charge in [0, 0.05) is 6.54 Å². The minimum absolute atomic E-state index is 0.422. The third-order valence-corrected chi connectivity index (χ3v) is 2.02. The Morgan fingerprint density at radius 3 is 2.93 bits per heavy atom. The normalized spacial score (nSPS) is 10.4. The van der Waals surface area contributed by atoms with E-state index >= 15 is 0 Å². The summed E-state index contributed by atoms with van der Waals surface area (Å²) in [6.07, 6.45) is 1.84. The molecule has 72 valence electrons. The maximum Gasteiger partial charge on any atom is 0.0967 e. The molecular weight excluding hydrogens is 176 g/mol. The van der Waals surface area contributed by atoms with Crippen LogP contribution in [0.4, 0.5) is 0 Å². The molecule has 2 N–H and O–H groups in total. The molecule has 1 heterocycles. The van der Waals surface area contributed by atoms with Crippen LogP contribution < -0.4 is 5.73 Å². The maximum atomic E-state index is 5.46. The van der Waals surface area contributed by atoms with E-state index in [2.05, 4.69) is 16.4 Å². The van der Waals surface area contributed by atoms with Gasteiger partial charge in [-0.1, -0.05) is 17.3 Å². The van der Waals surface area contributed by atoms with Crippen molar-refractivity contribution in [2.45, 2.75) is 13.5 Å². The Morgan fingerprint density at radius 1 is 1.43 bits per heavy atom. The van der Waals surface area contributed by atoms with Crippen LogP contribution in [-0.4, -0.2) is 15.0 Å². The summed E-state index contributed by atoms with van der Waals surface area (Å²) < 4.78 is 1.73. The quantitative estimate of drug-likeness (QED) is 0.766. The molecule has 1 aromatic carbocycles. The minimum Gasteiger partial charge on any atom is -0.325 e. The Morgan fingerprint density at radius 2 is 2.29 bits per heavy atom. The number of hydrogen-bond donors (Lipinski definition) is 1. The lowest BCUT2D eigenvalue weighted by Crippen LogP contribution is -1.96. The molecule has 0 aliphatic heterocycles. The van der Waals surface area contributed by atoms with Crippen LogP contribution >= 0.6 is 0 Å². The lowest BCUT2D eigenvalue weighted by molar-refractivity contribution is 0.796. The highest BCUT2D eigenvalue weighted by atomic mass is 15.4. The van der Waals surface area contributed by atoms with E-state index in [4.69, 9.17) is 5.73 Å². The van der Waals surface area contributed by atoms with E-state index in [9.17, 15) is 0 Å². The first kappa shape index (κ1) is 8.90. The fourth-order valence-corrected chi connectivity index (χ4v) is 1.29. The zero-order chi connectivity index (χ0) is 9.97. The van der Waals surface area contributed by atoms with Crippen molar-refractivity contribution >= 4 is 0 Å². The lowest BCUT2D eigenvalue weighted by Gasteiger charge is -1.99. The second-order valence-corrected chi connectivity index (χ2v) is 3.20. The van der Waals surface area contributed by atoms with Crippen LogP contribution in [0, 0.1) is 6.92 Å². The van der Waals surface area contributed by atoms with Crippen LogP contribution in [-0.2, 0) is 6.54 Å². The van der Waals surface area contributed by atoms with Crippen LogP contribution in [0.3, 0.4) is 0 Å². The number of nitrogens with two attached hydrogens (primary N) is 1. The van der Waals surface area contributed by atoms with E-state index < -0.39 is 0 Å². The number of aryl methyl sites for hydroxylation is 1. The van der Waals surface area contributed by atoms with Gasteiger partial charge in [-0.2, -0.15) is 0 Å². The lowest BCUT2D eigenvalue weighted by atomic mass is 10.2. The Balaban J connectivity index is 2.39. The van der Waals surface area contributed by atoms with E-state index in [1.807, 2.05) is 31.3 Å². The molecule has 4 heteroatoms. The smallest absolute Gasteiger partial charge is 0.0967 e. The number of benzene rings is 1. The van der Waals surface area contributed by atoms with Crippen LogP contribution in [0.2, 0.25) is 0 Å². The van der Waals surface area contributed by atoms with Crippen LogP contribution in [0.25, 0.3) is 5.69 Å². The average molecular weight is 188 g/mol. The molecule has 14 heavy (non-hydrogen) atoms. The molecule has 0 saturated carbocycles. The Bertz CT molecular complexity index is 433. The summed E-state index contributed by atoms with van der Waals surface area (Å²) in [6, 6.07) is 8.08. The molecular formula is C10H12N4. The third-order valence-electron chi connectivity index (χ3n) is 2.02. The second kappa shape index (κ2) is 3.59. The number of rotatable bonds is 2. The summed E-state index contributed by atoms with van der Waals surface area (Å²) in [4.78, 5) is 0. The summed E-state index contributed by atoms with van der Waals surface area (Å²) in [6.45, 7) is 2.47. The van der Waals surface area contributed by atoms with Crippen molar-refractivity contribution in [3.8, 4) is 5.69 Å². The summed E-state index contributed by atoms with van der Waals surface area (Å²) in [7, 11) is 0. The number of aromatic nitrogens is 3. The van der Waals surface area contributed by atoms with Gasteiger partial charge >= 0.3 is 0 Å². The van der Waals surface area contributed by atoms with Gasteiger partial charge in [0.1, 0.15) is 0 Å². The summed E-state index contributed by atoms with van der Waals surface area (Å²) in [5.74, 6) is 0. The molecule has 0 fully saturated rings. The predicted molar refractivity (Wildman–Crippen MR) is 54.0 cm³/mol. The predicted octanol–water partition coefficient (Wildman–Crippen LogP) is 1.03. The second-order valence-electron chi connectivity index (χ2n) is 3.20. The fraction of sp³-hybridized carbons (Fsp3) is 0.200. The van der Waals surface area contributed by atoms with Crippen molar-refractivity contribution in [3.63, 3.8) is 0 Å². The molecule has 0 aliphatic rings. The van der Waals surface area contributed by atoms with Gasteiger partial charge in [0.15, 0.2) is 0 Å². The van der Waals surface area contributed by atoms with Crippen molar-refractivity contribution < 1.29 is 0 Å². The van der Waals surface area contributed by atoms with Gasteiger partial charge in [0.05, 0.1) is 17.6 Å². The monoisotopic (exact) mass is 188 g/mol. The SMILES string of the molecule is Cc1cccc(-n2cc(CN)nn2)c1. The Labute approximate surface area is 82.4 Å². The van der Waals surface area contributed by atoms with Crippen molar-refractivity contribution in [1.29, 1.82) is 0 Å². The molecule has 2 rings (SSSR count). The maximum absolute atomic E-state index is 5.46. The largest absolute Gasteiger partial charge is 0.325 e. The summed E-state index contributed by atoms with van der Waals surface area (Å²) in [5, 5.41) is 7.91. The van der Waals surface area contributed by atoms with Crippen molar-refractivity contribution in [3.05, 3.63) is 41.7 Å². The van der Waals surface area contributed by atoms with E-state index in [-0.39, 0.29) is 0 Å². The van der Waals surface area contributed by atoms with E-state index in [0.717, 1.165) is 11.4 Å². The van der Waals surface area contributed by atoms with Gasteiger partial charge in [0.25, 0.3) is 0 Å². The van der Waals surface area contributed by atoms with E-state index in [1.54, 1.807) is 4.68 Å². The van der Waals surface area contributed by atoms with Gasteiger partial charge in [-0.05, 0) is 24.6 Å². The molecule has 2 aromatic rings. The number of nitrogens with zero attached hydrogens (tertiary/aromatic N) is 3. The van der Waals surface area contributed by atoms with Gasteiger partial charge in [-0.25, -0.2) is 4.68 Å². The Kier molecular flexibility index (Phi) is 2.28.